The summed E-state index contributed by atoms with van der Waals surface area (Å²) in [6, 6.07) is 6.25. The predicted molar refractivity (Wildman–Crippen MR) is 82.1 cm³/mol. The van der Waals surface area contributed by atoms with Crippen LogP contribution in [0.2, 0.25) is 0 Å². The first-order valence-electron chi connectivity index (χ1n) is 6.50. The summed E-state index contributed by atoms with van der Waals surface area (Å²) in [4.78, 5) is 4.33. The monoisotopic (exact) mass is 338 g/mol. The van der Waals surface area contributed by atoms with Gasteiger partial charge in [-0.3, -0.25) is 0 Å². The zero-order valence-corrected chi connectivity index (χ0v) is 13.6. The second kappa shape index (κ2) is 6.97. The lowest BCUT2D eigenvalue weighted by Crippen LogP contribution is -2.18. The van der Waals surface area contributed by atoms with Crippen molar-refractivity contribution in [3.8, 4) is 5.69 Å². The average Bonchev–Trinajstić information content (AvgIpc) is 2.74. The SMILES string of the molecule is COCCNCc1ccc(-n2nc(C)nc2C)c(Br)c1. The Morgan fingerprint density at radius 2 is 2.15 bits per heavy atom. The number of rotatable bonds is 6. The minimum atomic E-state index is 0.719. The summed E-state index contributed by atoms with van der Waals surface area (Å²) in [7, 11) is 1.70. The van der Waals surface area contributed by atoms with Crippen molar-refractivity contribution in [1.29, 1.82) is 0 Å². The highest BCUT2D eigenvalue weighted by molar-refractivity contribution is 9.10. The van der Waals surface area contributed by atoms with Crippen molar-refractivity contribution < 1.29 is 4.74 Å². The number of nitrogens with zero attached hydrogens (tertiary/aromatic N) is 3. The van der Waals surface area contributed by atoms with E-state index in [1.165, 1.54) is 5.56 Å². The van der Waals surface area contributed by atoms with Gasteiger partial charge in [0.25, 0.3) is 0 Å². The molecule has 0 atom stereocenters. The molecule has 20 heavy (non-hydrogen) atoms. The molecule has 1 aromatic heterocycles. The van der Waals surface area contributed by atoms with E-state index in [0.29, 0.717) is 0 Å². The molecule has 0 fully saturated rings. The van der Waals surface area contributed by atoms with Crippen LogP contribution in [0.1, 0.15) is 17.2 Å². The van der Waals surface area contributed by atoms with Gasteiger partial charge in [-0.2, -0.15) is 5.10 Å². The molecule has 2 rings (SSSR count). The molecule has 0 saturated carbocycles. The van der Waals surface area contributed by atoms with Gasteiger partial charge >= 0.3 is 0 Å². The van der Waals surface area contributed by atoms with E-state index in [4.69, 9.17) is 4.74 Å². The van der Waals surface area contributed by atoms with Gasteiger partial charge in [0, 0.05) is 24.7 Å². The van der Waals surface area contributed by atoms with Gasteiger partial charge in [-0.15, -0.1) is 0 Å². The molecule has 0 unspecified atom stereocenters. The molecular formula is C14H19BrN4O. The van der Waals surface area contributed by atoms with E-state index in [-0.39, 0.29) is 0 Å². The first-order valence-corrected chi connectivity index (χ1v) is 7.30. The van der Waals surface area contributed by atoms with Crippen molar-refractivity contribution in [2.24, 2.45) is 0 Å². The standard InChI is InChI=1S/C14H19BrN4O/c1-10-17-11(2)19(18-10)14-5-4-12(8-13(14)15)9-16-6-7-20-3/h4-5,8,16H,6-7,9H2,1-3H3. The molecule has 0 radical (unpaired) electrons. The van der Waals surface area contributed by atoms with E-state index in [2.05, 4.69) is 49.5 Å². The van der Waals surface area contributed by atoms with Crippen LogP contribution >= 0.6 is 15.9 Å². The maximum Gasteiger partial charge on any atom is 0.148 e. The van der Waals surface area contributed by atoms with Gasteiger partial charge in [0.1, 0.15) is 11.6 Å². The van der Waals surface area contributed by atoms with E-state index in [9.17, 15) is 0 Å². The van der Waals surface area contributed by atoms with Crippen molar-refractivity contribution in [3.05, 3.63) is 39.9 Å². The quantitative estimate of drug-likeness (QED) is 0.821. The molecule has 1 N–H and O–H groups in total. The number of hydrogen-bond donors (Lipinski definition) is 1. The normalized spacial score (nSPS) is 11.0. The number of hydrogen-bond acceptors (Lipinski definition) is 4. The lowest BCUT2D eigenvalue weighted by molar-refractivity contribution is 0.199. The van der Waals surface area contributed by atoms with Gasteiger partial charge in [-0.25, -0.2) is 9.67 Å². The largest absolute Gasteiger partial charge is 0.383 e. The van der Waals surface area contributed by atoms with E-state index in [0.717, 1.165) is 41.5 Å². The van der Waals surface area contributed by atoms with E-state index < -0.39 is 0 Å². The van der Waals surface area contributed by atoms with E-state index >= 15 is 0 Å². The van der Waals surface area contributed by atoms with Gasteiger partial charge < -0.3 is 10.1 Å². The topological polar surface area (TPSA) is 52.0 Å². The molecule has 0 aliphatic carbocycles. The van der Waals surface area contributed by atoms with Crippen LogP contribution < -0.4 is 5.32 Å². The fourth-order valence-corrected chi connectivity index (χ4v) is 2.58. The maximum atomic E-state index is 5.01. The van der Waals surface area contributed by atoms with Crippen LogP contribution in [0.5, 0.6) is 0 Å². The van der Waals surface area contributed by atoms with Crippen LogP contribution in [0.4, 0.5) is 0 Å². The first-order chi connectivity index (χ1) is 9.61. The number of ether oxygens (including phenoxy) is 1. The van der Waals surface area contributed by atoms with Crippen LogP contribution in [0.3, 0.4) is 0 Å². The van der Waals surface area contributed by atoms with Crippen LogP contribution in [0, 0.1) is 13.8 Å². The Bertz CT molecular complexity index is 583. The summed E-state index contributed by atoms with van der Waals surface area (Å²) in [5.74, 6) is 1.66. The molecule has 1 heterocycles. The molecule has 1 aromatic carbocycles. The Kier molecular flexibility index (Phi) is 5.28. The minimum absolute atomic E-state index is 0.719. The summed E-state index contributed by atoms with van der Waals surface area (Å²) < 4.78 is 7.87. The third-order valence-electron chi connectivity index (χ3n) is 2.93. The van der Waals surface area contributed by atoms with Gasteiger partial charge in [0.05, 0.1) is 12.3 Å². The number of benzene rings is 1. The van der Waals surface area contributed by atoms with Crippen LogP contribution in [0.25, 0.3) is 5.69 Å². The second-order valence-electron chi connectivity index (χ2n) is 4.57. The summed E-state index contributed by atoms with van der Waals surface area (Å²) in [6.45, 7) is 6.23. The Labute approximate surface area is 127 Å². The van der Waals surface area contributed by atoms with Crippen molar-refractivity contribution in [1.82, 2.24) is 20.1 Å². The molecule has 108 valence electrons. The highest BCUT2D eigenvalue weighted by atomic mass is 79.9. The maximum absolute atomic E-state index is 5.01. The summed E-state index contributed by atoms with van der Waals surface area (Å²) in [5, 5.41) is 7.72. The predicted octanol–water partition coefficient (Wildman–Crippen LogP) is 2.38. The average molecular weight is 339 g/mol. The van der Waals surface area contributed by atoms with Gasteiger partial charge in [-0.1, -0.05) is 6.07 Å². The lowest BCUT2D eigenvalue weighted by atomic mass is 10.2. The smallest absolute Gasteiger partial charge is 0.148 e. The van der Waals surface area contributed by atoms with Gasteiger partial charge in [0.2, 0.25) is 0 Å². The van der Waals surface area contributed by atoms with Gasteiger partial charge in [-0.05, 0) is 47.5 Å². The molecule has 0 aliphatic heterocycles. The highest BCUT2D eigenvalue weighted by Gasteiger charge is 2.09. The van der Waals surface area contributed by atoms with Crippen LogP contribution in [-0.2, 0) is 11.3 Å². The molecule has 0 aliphatic rings. The van der Waals surface area contributed by atoms with Gasteiger partial charge in [0.15, 0.2) is 0 Å². The van der Waals surface area contributed by atoms with Crippen molar-refractivity contribution in [2.45, 2.75) is 20.4 Å². The Morgan fingerprint density at radius 3 is 2.75 bits per heavy atom. The summed E-state index contributed by atoms with van der Waals surface area (Å²) in [5.41, 5.74) is 2.22. The van der Waals surface area contributed by atoms with Crippen LogP contribution in [0.15, 0.2) is 22.7 Å². The molecule has 2 aromatic rings. The number of methoxy groups -OCH3 is 1. The number of aryl methyl sites for hydroxylation is 2. The van der Waals surface area contributed by atoms with E-state index in [1.807, 2.05) is 18.5 Å². The lowest BCUT2D eigenvalue weighted by Gasteiger charge is -2.09. The minimum Gasteiger partial charge on any atom is -0.383 e. The molecule has 0 spiro atoms. The second-order valence-corrected chi connectivity index (χ2v) is 5.43. The molecule has 0 saturated heterocycles. The molecule has 0 amide bonds. The van der Waals surface area contributed by atoms with Crippen molar-refractivity contribution in [3.63, 3.8) is 0 Å². The van der Waals surface area contributed by atoms with Crippen LogP contribution in [-0.4, -0.2) is 35.0 Å². The van der Waals surface area contributed by atoms with Crippen molar-refractivity contribution >= 4 is 15.9 Å². The van der Waals surface area contributed by atoms with Crippen molar-refractivity contribution in [2.75, 3.05) is 20.3 Å². The highest BCUT2D eigenvalue weighted by Crippen LogP contribution is 2.23. The third-order valence-corrected chi connectivity index (χ3v) is 3.56. The first kappa shape index (κ1) is 15.2. The zero-order valence-electron chi connectivity index (χ0n) is 12.0. The molecular weight excluding hydrogens is 320 g/mol. The number of aromatic nitrogens is 3. The zero-order chi connectivity index (χ0) is 14.5. The number of nitrogens with one attached hydrogen (secondary N) is 1. The summed E-state index contributed by atoms with van der Waals surface area (Å²) in [6.07, 6.45) is 0. The Morgan fingerprint density at radius 1 is 1.35 bits per heavy atom. The summed E-state index contributed by atoms with van der Waals surface area (Å²) >= 11 is 3.61. The Balaban J connectivity index is 2.12. The molecule has 0 bridgehead atoms. The molecule has 5 nitrogen and oxygen atoms in total. The fourth-order valence-electron chi connectivity index (χ4n) is 1.99. The Hall–Kier alpha value is -1.24. The fraction of sp³-hybridized carbons (Fsp3) is 0.429. The third kappa shape index (κ3) is 3.65. The molecule has 6 heteroatoms. The van der Waals surface area contributed by atoms with E-state index in [1.54, 1.807) is 7.11 Å². The number of halogens is 1.